The molecule has 3 rings (SSSR count). The van der Waals surface area contributed by atoms with Crippen molar-refractivity contribution in [2.45, 2.75) is 13.5 Å². The van der Waals surface area contributed by atoms with Crippen molar-refractivity contribution in [2.75, 3.05) is 5.32 Å². The Bertz CT molecular complexity index is 756. The van der Waals surface area contributed by atoms with Crippen molar-refractivity contribution >= 4 is 5.82 Å². The van der Waals surface area contributed by atoms with E-state index in [-0.39, 0.29) is 0 Å². The largest absolute Gasteiger partial charge is 0.364 e. The third-order valence-corrected chi connectivity index (χ3v) is 3.02. The van der Waals surface area contributed by atoms with E-state index in [9.17, 15) is 4.39 Å². The molecule has 0 bridgehead atoms. The van der Waals surface area contributed by atoms with Gasteiger partial charge in [-0.3, -0.25) is 0 Å². The SMILES string of the molecule is Cc1cc(CNc2ccnc(-c3ccccc3)n2)nc(F)n1. The molecule has 0 amide bonds. The van der Waals surface area contributed by atoms with Crippen LogP contribution in [0.2, 0.25) is 0 Å². The lowest BCUT2D eigenvalue weighted by molar-refractivity contribution is 0.529. The Labute approximate surface area is 127 Å². The fraction of sp³-hybridized carbons (Fsp3) is 0.125. The van der Waals surface area contributed by atoms with E-state index < -0.39 is 6.08 Å². The number of halogens is 1. The Balaban J connectivity index is 1.76. The molecular formula is C16H14FN5. The highest BCUT2D eigenvalue weighted by atomic mass is 19.1. The molecule has 0 spiro atoms. The van der Waals surface area contributed by atoms with Crippen LogP contribution in [0.15, 0.2) is 48.7 Å². The van der Waals surface area contributed by atoms with E-state index in [1.54, 1.807) is 25.3 Å². The molecule has 0 fully saturated rings. The molecular weight excluding hydrogens is 281 g/mol. The Kier molecular flexibility index (Phi) is 4.00. The molecule has 3 aromatic rings. The van der Waals surface area contributed by atoms with Gasteiger partial charge in [0.1, 0.15) is 5.82 Å². The zero-order chi connectivity index (χ0) is 15.4. The summed E-state index contributed by atoms with van der Waals surface area (Å²) in [5.41, 5.74) is 2.11. The molecule has 2 heterocycles. The molecule has 0 saturated carbocycles. The third-order valence-electron chi connectivity index (χ3n) is 3.02. The molecule has 6 heteroatoms. The quantitative estimate of drug-likeness (QED) is 0.750. The van der Waals surface area contributed by atoms with Crippen molar-refractivity contribution in [3.8, 4) is 11.4 Å². The molecule has 0 radical (unpaired) electrons. The van der Waals surface area contributed by atoms with Crippen molar-refractivity contribution in [1.82, 2.24) is 19.9 Å². The average Bonchev–Trinajstić information content (AvgIpc) is 2.53. The van der Waals surface area contributed by atoms with Crippen LogP contribution >= 0.6 is 0 Å². The molecule has 22 heavy (non-hydrogen) atoms. The number of hydrogen-bond donors (Lipinski definition) is 1. The van der Waals surface area contributed by atoms with E-state index >= 15 is 0 Å². The molecule has 1 aromatic carbocycles. The van der Waals surface area contributed by atoms with Crippen LogP contribution in [-0.4, -0.2) is 19.9 Å². The molecule has 0 aliphatic rings. The van der Waals surface area contributed by atoms with Gasteiger partial charge in [-0.25, -0.2) is 19.9 Å². The summed E-state index contributed by atoms with van der Waals surface area (Å²) in [5.74, 6) is 1.29. The summed E-state index contributed by atoms with van der Waals surface area (Å²) in [7, 11) is 0. The van der Waals surface area contributed by atoms with Crippen molar-refractivity contribution in [2.24, 2.45) is 0 Å². The second-order valence-corrected chi connectivity index (χ2v) is 4.75. The summed E-state index contributed by atoms with van der Waals surface area (Å²) in [6.07, 6.45) is 0.966. The summed E-state index contributed by atoms with van der Waals surface area (Å²) >= 11 is 0. The van der Waals surface area contributed by atoms with E-state index in [0.717, 1.165) is 5.56 Å². The highest BCUT2D eigenvalue weighted by Gasteiger charge is 2.04. The first-order chi connectivity index (χ1) is 10.7. The minimum Gasteiger partial charge on any atom is -0.364 e. The second-order valence-electron chi connectivity index (χ2n) is 4.75. The Morgan fingerprint density at radius 1 is 1.05 bits per heavy atom. The summed E-state index contributed by atoms with van der Waals surface area (Å²) in [6, 6.07) is 13.2. The topological polar surface area (TPSA) is 63.6 Å². The smallest absolute Gasteiger partial charge is 0.309 e. The maximum Gasteiger partial charge on any atom is 0.309 e. The van der Waals surface area contributed by atoms with Crippen LogP contribution in [0.3, 0.4) is 0 Å². The summed E-state index contributed by atoms with van der Waals surface area (Å²) in [4.78, 5) is 16.1. The van der Waals surface area contributed by atoms with Gasteiger partial charge in [-0.05, 0) is 19.1 Å². The van der Waals surface area contributed by atoms with Crippen molar-refractivity contribution < 1.29 is 4.39 Å². The Morgan fingerprint density at radius 3 is 2.64 bits per heavy atom. The number of rotatable bonds is 4. The van der Waals surface area contributed by atoms with Gasteiger partial charge in [-0.2, -0.15) is 4.39 Å². The lowest BCUT2D eigenvalue weighted by Crippen LogP contribution is -2.06. The van der Waals surface area contributed by atoms with Crippen molar-refractivity contribution in [3.63, 3.8) is 0 Å². The summed E-state index contributed by atoms with van der Waals surface area (Å²) in [5, 5.41) is 3.12. The van der Waals surface area contributed by atoms with Crippen LogP contribution in [0, 0.1) is 13.0 Å². The standard InChI is InChI=1S/C16H14FN5/c1-11-9-13(21-16(17)20-11)10-19-14-7-8-18-15(22-14)12-5-3-2-4-6-12/h2-9H,10H2,1H3,(H,18,19,22). The highest BCUT2D eigenvalue weighted by molar-refractivity contribution is 5.56. The first kappa shape index (κ1) is 14.1. The zero-order valence-corrected chi connectivity index (χ0v) is 12.0. The normalized spacial score (nSPS) is 10.5. The number of nitrogens with one attached hydrogen (secondary N) is 1. The number of anilines is 1. The first-order valence-electron chi connectivity index (χ1n) is 6.83. The molecule has 1 N–H and O–H groups in total. The lowest BCUT2D eigenvalue weighted by Gasteiger charge is -2.07. The predicted molar refractivity (Wildman–Crippen MR) is 81.5 cm³/mol. The van der Waals surface area contributed by atoms with Gasteiger partial charge in [0.15, 0.2) is 5.82 Å². The predicted octanol–water partition coefficient (Wildman–Crippen LogP) is 2.99. The second kappa shape index (κ2) is 6.26. The van der Waals surface area contributed by atoms with Gasteiger partial charge >= 0.3 is 6.08 Å². The van der Waals surface area contributed by atoms with E-state index in [4.69, 9.17) is 0 Å². The lowest BCUT2D eigenvalue weighted by atomic mass is 10.2. The molecule has 0 atom stereocenters. The number of aryl methyl sites for hydroxylation is 1. The van der Waals surface area contributed by atoms with Gasteiger partial charge in [0.25, 0.3) is 0 Å². The number of benzene rings is 1. The fourth-order valence-electron chi connectivity index (χ4n) is 2.05. The number of aromatic nitrogens is 4. The fourth-order valence-corrected chi connectivity index (χ4v) is 2.05. The van der Waals surface area contributed by atoms with E-state index in [2.05, 4.69) is 25.3 Å². The maximum atomic E-state index is 13.2. The molecule has 5 nitrogen and oxygen atoms in total. The molecule has 0 saturated heterocycles. The van der Waals surface area contributed by atoms with Crippen LogP contribution in [0.1, 0.15) is 11.4 Å². The minimum absolute atomic E-state index is 0.367. The number of hydrogen-bond acceptors (Lipinski definition) is 5. The highest BCUT2D eigenvalue weighted by Crippen LogP contribution is 2.15. The average molecular weight is 295 g/mol. The monoisotopic (exact) mass is 295 g/mol. The number of nitrogens with zero attached hydrogens (tertiary/aromatic N) is 4. The first-order valence-corrected chi connectivity index (χ1v) is 6.83. The van der Waals surface area contributed by atoms with Crippen LogP contribution in [0.5, 0.6) is 0 Å². The maximum absolute atomic E-state index is 13.2. The Morgan fingerprint density at radius 2 is 1.86 bits per heavy atom. The van der Waals surface area contributed by atoms with Crippen LogP contribution < -0.4 is 5.32 Å². The zero-order valence-electron chi connectivity index (χ0n) is 12.0. The van der Waals surface area contributed by atoms with Gasteiger partial charge in [-0.1, -0.05) is 30.3 Å². The molecule has 2 aromatic heterocycles. The van der Waals surface area contributed by atoms with Gasteiger partial charge in [0, 0.05) is 17.5 Å². The van der Waals surface area contributed by atoms with E-state index in [0.29, 0.717) is 29.6 Å². The van der Waals surface area contributed by atoms with E-state index in [1.807, 2.05) is 30.3 Å². The molecule has 0 aliphatic heterocycles. The van der Waals surface area contributed by atoms with Crippen LogP contribution in [0.4, 0.5) is 10.2 Å². The van der Waals surface area contributed by atoms with Crippen molar-refractivity contribution in [3.05, 3.63) is 66.1 Å². The van der Waals surface area contributed by atoms with Crippen LogP contribution in [-0.2, 0) is 6.54 Å². The molecule has 0 unspecified atom stereocenters. The van der Waals surface area contributed by atoms with Crippen LogP contribution in [0.25, 0.3) is 11.4 Å². The minimum atomic E-state index is -0.718. The van der Waals surface area contributed by atoms with Gasteiger partial charge in [0.05, 0.1) is 12.2 Å². The summed E-state index contributed by atoms with van der Waals surface area (Å²) in [6.45, 7) is 2.10. The van der Waals surface area contributed by atoms with Gasteiger partial charge in [-0.15, -0.1) is 0 Å². The van der Waals surface area contributed by atoms with Gasteiger partial charge in [0.2, 0.25) is 0 Å². The summed E-state index contributed by atoms with van der Waals surface area (Å²) < 4.78 is 13.2. The third kappa shape index (κ3) is 3.41. The molecule has 110 valence electrons. The van der Waals surface area contributed by atoms with Crippen molar-refractivity contribution in [1.29, 1.82) is 0 Å². The van der Waals surface area contributed by atoms with E-state index in [1.165, 1.54) is 0 Å². The Hall–Kier alpha value is -2.89. The molecule has 0 aliphatic carbocycles. The van der Waals surface area contributed by atoms with Gasteiger partial charge < -0.3 is 5.32 Å².